The van der Waals surface area contributed by atoms with Gasteiger partial charge in [0, 0.05) is 34.6 Å². The summed E-state index contributed by atoms with van der Waals surface area (Å²) in [5, 5.41) is 7.01. The molecular weight excluding hydrogens is 440 g/mol. The lowest BCUT2D eigenvalue weighted by Crippen LogP contribution is -2.58. The summed E-state index contributed by atoms with van der Waals surface area (Å²) in [7, 11) is 0. The molecule has 0 fully saturated rings. The van der Waals surface area contributed by atoms with Crippen molar-refractivity contribution in [2.45, 2.75) is 64.7 Å². The average molecular weight is 473 g/mol. The number of rotatable bonds is 6. The van der Waals surface area contributed by atoms with E-state index in [1.807, 2.05) is 70.2 Å². The number of nitrogens with zero attached hydrogens (tertiary/aromatic N) is 1. The van der Waals surface area contributed by atoms with Gasteiger partial charge in [0.05, 0.1) is 6.04 Å². The van der Waals surface area contributed by atoms with Crippen LogP contribution in [0, 0.1) is 5.92 Å². The zero-order valence-electron chi connectivity index (χ0n) is 20.6. The highest BCUT2D eigenvalue weighted by Crippen LogP contribution is 2.46. The molecule has 3 N–H and O–H groups in total. The SMILES string of the molecule is CCC(C)C(NC(=O)C1Cc2c([nH]c3ccccc23)C2c3ccccc3C(=O)N12)C(=O)NC(C)C. The number of carbonyl (C=O) groups excluding carboxylic acids is 3. The Labute approximate surface area is 205 Å². The summed E-state index contributed by atoms with van der Waals surface area (Å²) in [6.07, 6.45) is 1.13. The van der Waals surface area contributed by atoms with Crippen LogP contribution in [0.15, 0.2) is 48.5 Å². The van der Waals surface area contributed by atoms with Crippen molar-refractivity contribution in [3.05, 3.63) is 70.9 Å². The summed E-state index contributed by atoms with van der Waals surface area (Å²) in [6, 6.07) is 13.8. The molecule has 3 heterocycles. The van der Waals surface area contributed by atoms with Crippen LogP contribution in [0.2, 0.25) is 0 Å². The third kappa shape index (κ3) is 3.79. The van der Waals surface area contributed by atoms with Crippen LogP contribution in [-0.4, -0.2) is 45.7 Å². The van der Waals surface area contributed by atoms with Crippen molar-refractivity contribution in [1.82, 2.24) is 20.5 Å². The standard InChI is InChI=1S/C28H32N4O3/c1-5-16(4)23(27(34)29-15(2)3)31-26(33)22-14-20-17-10-8-9-13-21(17)30-24(20)25-18-11-6-7-12-19(18)28(35)32(22)25/h6-13,15-16,22-23,25,30H,5,14H2,1-4H3,(H,29,34)(H,31,33). The molecule has 2 aliphatic rings. The Bertz CT molecular complexity index is 1310. The molecule has 0 aliphatic carbocycles. The van der Waals surface area contributed by atoms with Crippen molar-refractivity contribution in [3.63, 3.8) is 0 Å². The fourth-order valence-electron chi connectivity index (χ4n) is 5.46. The number of H-pyrrole nitrogens is 1. The molecule has 3 aromatic rings. The Kier molecular flexibility index (Phi) is 5.87. The molecule has 0 bridgehead atoms. The molecule has 35 heavy (non-hydrogen) atoms. The maximum Gasteiger partial charge on any atom is 0.255 e. The smallest absolute Gasteiger partial charge is 0.255 e. The van der Waals surface area contributed by atoms with Gasteiger partial charge in [0.1, 0.15) is 12.1 Å². The minimum Gasteiger partial charge on any atom is -0.356 e. The molecule has 2 aromatic carbocycles. The van der Waals surface area contributed by atoms with Crippen LogP contribution in [0.5, 0.6) is 0 Å². The van der Waals surface area contributed by atoms with Crippen molar-refractivity contribution in [1.29, 1.82) is 0 Å². The molecule has 1 aromatic heterocycles. The molecule has 0 spiro atoms. The summed E-state index contributed by atoms with van der Waals surface area (Å²) < 4.78 is 0. The third-order valence-electron chi connectivity index (χ3n) is 7.38. The fourth-order valence-corrected chi connectivity index (χ4v) is 5.46. The minimum atomic E-state index is -0.718. The van der Waals surface area contributed by atoms with Crippen LogP contribution in [0.4, 0.5) is 0 Å². The lowest BCUT2D eigenvalue weighted by atomic mass is 9.89. The van der Waals surface area contributed by atoms with Gasteiger partial charge >= 0.3 is 0 Å². The zero-order valence-corrected chi connectivity index (χ0v) is 20.6. The van der Waals surface area contributed by atoms with Crippen molar-refractivity contribution < 1.29 is 14.4 Å². The summed E-state index contributed by atoms with van der Waals surface area (Å²) in [5.74, 6) is -0.691. The van der Waals surface area contributed by atoms with Gasteiger partial charge in [0.15, 0.2) is 0 Å². The maximum absolute atomic E-state index is 13.8. The highest BCUT2D eigenvalue weighted by molar-refractivity contribution is 6.04. The second kappa shape index (κ2) is 8.87. The Balaban J connectivity index is 1.56. The largest absolute Gasteiger partial charge is 0.356 e. The maximum atomic E-state index is 13.8. The first-order chi connectivity index (χ1) is 16.8. The number of hydrogen-bond acceptors (Lipinski definition) is 3. The van der Waals surface area contributed by atoms with Crippen LogP contribution in [0.25, 0.3) is 10.9 Å². The zero-order chi connectivity index (χ0) is 24.9. The first-order valence-electron chi connectivity index (χ1n) is 12.4. The number of fused-ring (bicyclic) bond motifs is 7. The summed E-state index contributed by atoms with van der Waals surface area (Å²) in [6.45, 7) is 7.76. The molecule has 5 rings (SSSR count). The van der Waals surface area contributed by atoms with Crippen LogP contribution in [0.1, 0.15) is 67.3 Å². The number of aromatic nitrogens is 1. The van der Waals surface area contributed by atoms with Crippen molar-refractivity contribution in [2.75, 3.05) is 0 Å². The van der Waals surface area contributed by atoms with E-state index in [0.29, 0.717) is 12.0 Å². The van der Waals surface area contributed by atoms with E-state index >= 15 is 0 Å². The number of aromatic amines is 1. The fraction of sp³-hybridized carbons (Fsp3) is 0.393. The first-order valence-corrected chi connectivity index (χ1v) is 12.4. The Morgan fingerprint density at radius 2 is 1.77 bits per heavy atom. The van der Waals surface area contributed by atoms with E-state index in [4.69, 9.17) is 0 Å². The number of carbonyl (C=O) groups is 3. The topological polar surface area (TPSA) is 94.3 Å². The highest BCUT2D eigenvalue weighted by Gasteiger charge is 2.49. The quantitative estimate of drug-likeness (QED) is 0.511. The monoisotopic (exact) mass is 472 g/mol. The lowest BCUT2D eigenvalue weighted by Gasteiger charge is -2.38. The van der Waals surface area contributed by atoms with Crippen molar-refractivity contribution >= 4 is 28.6 Å². The predicted octanol–water partition coefficient (Wildman–Crippen LogP) is 3.69. The third-order valence-corrected chi connectivity index (χ3v) is 7.38. The number of hydrogen-bond donors (Lipinski definition) is 3. The number of para-hydroxylation sites is 1. The van der Waals surface area contributed by atoms with Gasteiger partial charge in [-0.2, -0.15) is 0 Å². The molecule has 2 aliphatic heterocycles. The van der Waals surface area contributed by atoms with Gasteiger partial charge in [-0.05, 0) is 43.0 Å². The number of nitrogens with one attached hydrogen (secondary N) is 3. The van der Waals surface area contributed by atoms with Crippen molar-refractivity contribution in [3.8, 4) is 0 Å². The molecule has 0 radical (unpaired) electrons. The van der Waals surface area contributed by atoms with Gasteiger partial charge in [0.25, 0.3) is 5.91 Å². The van der Waals surface area contributed by atoms with Crippen LogP contribution >= 0.6 is 0 Å². The van der Waals surface area contributed by atoms with E-state index in [-0.39, 0.29) is 35.7 Å². The normalized spacial score (nSPS) is 20.3. The first kappa shape index (κ1) is 23.1. The molecule has 4 atom stereocenters. The van der Waals surface area contributed by atoms with Crippen LogP contribution < -0.4 is 10.6 Å². The molecule has 4 unspecified atom stereocenters. The van der Waals surface area contributed by atoms with Gasteiger partial charge in [-0.1, -0.05) is 56.7 Å². The Morgan fingerprint density at radius 3 is 2.51 bits per heavy atom. The van der Waals surface area contributed by atoms with Crippen LogP contribution in [-0.2, 0) is 16.0 Å². The molecule has 182 valence electrons. The van der Waals surface area contributed by atoms with E-state index in [9.17, 15) is 14.4 Å². The van der Waals surface area contributed by atoms with E-state index in [1.54, 1.807) is 4.90 Å². The molecule has 0 saturated heterocycles. The predicted molar refractivity (Wildman–Crippen MR) is 135 cm³/mol. The Morgan fingerprint density at radius 1 is 1.06 bits per heavy atom. The number of amides is 3. The lowest BCUT2D eigenvalue weighted by molar-refractivity contribution is -0.133. The van der Waals surface area contributed by atoms with Gasteiger partial charge in [-0.15, -0.1) is 0 Å². The summed E-state index contributed by atoms with van der Waals surface area (Å²) in [5.41, 5.74) is 4.53. The highest BCUT2D eigenvalue weighted by atomic mass is 16.2. The van der Waals surface area contributed by atoms with Gasteiger partial charge in [0.2, 0.25) is 11.8 Å². The van der Waals surface area contributed by atoms with E-state index < -0.39 is 12.1 Å². The average Bonchev–Trinajstić information content (AvgIpc) is 3.36. The minimum absolute atomic E-state index is 0.0338. The van der Waals surface area contributed by atoms with E-state index in [2.05, 4.69) is 21.7 Å². The Hall–Kier alpha value is -3.61. The molecule has 7 heteroatoms. The number of benzene rings is 2. The molecular formula is C28H32N4O3. The van der Waals surface area contributed by atoms with Crippen LogP contribution in [0.3, 0.4) is 0 Å². The van der Waals surface area contributed by atoms with E-state index in [1.165, 1.54) is 0 Å². The molecule has 3 amide bonds. The van der Waals surface area contributed by atoms with Gasteiger partial charge in [-0.25, -0.2) is 0 Å². The molecule has 0 saturated carbocycles. The van der Waals surface area contributed by atoms with Gasteiger partial charge in [-0.3, -0.25) is 14.4 Å². The van der Waals surface area contributed by atoms with E-state index in [0.717, 1.165) is 34.1 Å². The second-order valence-corrected chi connectivity index (χ2v) is 10.0. The second-order valence-electron chi connectivity index (χ2n) is 10.0. The van der Waals surface area contributed by atoms with Gasteiger partial charge < -0.3 is 20.5 Å². The summed E-state index contributed by atoms with van der Waals surface area (Å²) >= 11 is 0. The summed E-state index contributed by atoms with van der Waals surface area (Å²) in [4.78, 5) is 45.6. The van der Waals surface area contributed by atoms with Crippen molar-refractivity contribution in [2.24, 2.45) is 5.92 Å². The molecule has 7 nitrogen and oxygen atoms in total.